The Hall–Kier alpha value is -0.460. The van der Waals surface area contributed by atoms with E-state index in [1.807, 2.05) is 18.6 Å². The largest absolute Gasteiger partial charge is 0.480 e. The summed E-state index contributed by atoms with van der Waals surface area (Å²) < 4.78 is 20.7. The first kappa shape index (κ1) is 11.5. The maximum absolute atomic E-state index is 10.5. The van der Waals surface area contributed by atoms with E-state index in [9.17, 15) is 9.00 Å². The third-order valence-corrected chi connectivity index (χ3v) is 1.73. The molecule has 5 nitrogen and oxygen atoms in total. The van der Waals surface area contributed by atoms with Crippen molar-refractivity contribution in [3.05, 3.63) is 0 Å². The van der Waals surface area contributed by atoms with Crippen LogP contribution in [0.5, 0.6) is 0 Å². The zero-order chi connectivity index (χ0) is 9.72. The molecule has 0 aromatic carbocycles. The molecule has 0 aliphatic carbocycles. The van der Waals surface area contributed by atoms with Crippen molar-refractivity contribution >= 4 is 17.2 Å². The van der Waals surface area contributed by atoms with E-state index in [0.29, 0.717) is 6.42 Å². The van der Waals surface area contributed by atoms with Crippen LogP contribution in [0.15, 0.2) is 0 Å². The first-order valence-electron chi connectivity index (χ1n) is 3.53. The van der Waals surface area contributed by atoms with Gasteiger partial charge in [0.15, 0.2) is 0 Å². The van der Waals surface area contributed by atoms with Gasteiger partial charge in [0.1, 0.15) is 6.04 Å². The van der Waals surface area contributed by atoms with Gasteiger partial charge in [0, 0.05) is 0 Å². The van der Waals surface area contributed by atoms with E-state index in [-0.39, 0.29) is 5.92 Å². The first-order valence-corrected chi connectivity index (χ1v) is 4.64. The minimum Gasteiger partial charge on any atom is -0.480 e. The molecule has 0 amide bonds. The smallest absolute Gasteiger partial charge is 0.321 e. The van der Waals surface area contributed by atoms with Gasteiger partial charge in [-0.2, -0.15) is 0 Å². The molecule has 2 atom stereocenters. The van der Waals surface area contributed by atoms with E-state index in [1.54, 1.807) is 0 Å². The van der Waals surface area contributed by atoms with Gasteiger partial charge in [-0.05, 0) is 12.3 Å². The van der Waals surface area contributed by atoms with Crippen LogP contribution in [-0.2, 0) is 16.1 Å². The Morgan fingerprint density at radius 2 is 2.08 bits per heavy atom. The van der Waals surface area contributed by atoms with Crippen molar-refractivity contribution < 1.29 is 18.7 Å². The number of rotatable bonds is 5. The average molecular weight is 195 g/mol. The Bertz CT molecular complexity index is 182. The molecule has 0 fully saturated rings. The molecule has 3 N–H and O–H groups in total. The fourth-order valence-electron chi connectivity index (χ4n) is 0.792. The fourth-order valence-corrected chi connectivity index (χ4v) is 1.23. The second kappa shape index (κ2) is 5.23. The van der Waals surface area contributed by atoms with Crippen LogP contribution >= 0.6 is 0 Å². The highest BCUT2D eigenvalue weighted by Gasteiger charge is 2.19. The summed E-state index contributed by atoms with van der Waals surface area (Å²) in [6.45, 7) is 3.69. The van der Waals surface area contributed by atoms with Crippen molar-refractivity contribution in [2.24, 2.45) is 5.92 Å². The molecule has 0 aliphatic heterocycles. The number of carboxylic acids is 1. The van der Waals surface area contributed by atoms with E-state index in [2.05, 4.69) is 0 Å². The van der Waals surface area contributed by atoms with Gasteiger partial charge >= 0.3 is 5.97 Å². The summed E-state index contributed by atoms with van der Waals surface area (Å²) in [5.74, 6) is -0.937. The lowest BCUT2D eigenvalue weighted by atomic mass is 10.1. The lowest BCUT2D eigenvalue weighted by molar-refractivity contribution is -0.139. The van der Waals surface area contributed by atoms with E-state index < -0.39 is 23.3 Å². The lowest BCUT2D eigenvalue weighted by Gasteiger charge is -2.13. The summed E-state index contributed by atoms with van der Waals surface area (Å²) in [6, 6.07) is -0.948. The lowest BCUT2D eigenvalue weighted by Crippen LogP contribution is -2.38. The molecular weight excluding hydrogens is 182 g/mol. The van der Waals surface area contributed by atoms with E-state index in [0.717, 1.165) is 0 Å². The van der Waals surface area contributed by atoms with Crippen molar-refractivity contribution in [2.45, 2.75) is 26.3 Å². The van der Waals surface area contributed by atoms with Gasteiger partial charge in [0.05, 0.1) is 0 Å². The quantitative estimate of drug-likeness (QED) is 0.547. The molecule has 0 bridgehead atoms. The second-order valence-corrected chi connectivity index (χ2v) is 3.62. The SMILES string of the molecule is CC(C)C[C@H](NS(=O)O)C(=O)O. The summed E-state index contributed by atoms with van der Waals surface area (Å²) in [6.07, 6.45) is 0.335. The van der Waals surface area contributed by atoms with E-state index in [4.69, 9.17) is 9.66 Å². The molecule has 0 heterocycles. The minimum absolute atomic E-state index is 0.169. The van der Waals surface area contributed by atoms with Crippen molar-refractivity contribution in [1.82, 2.24) is 4.72 Å². The van der Waals surface area contributed by atoms with Gasteiger partial charge in [-0.1, -0.05) is 13.8 Å². The van der Waals surface area contributed by atoms with Crippen molar-refractivity contribution in [2.75, 3.05) is 0 Å². The highest BCUT2D eigenvalue weighted by Crippen LogP contribution is 2.04. The molecule has 1 unspecified atom stereocenters. The molecule has 0 rings (SSSR count). The van der Waals surface area contributed by atoms with Gasteiger partial charge in [-0.25, -0.2) is 8.93 Å². The summed E-state index contributed by atoms with van der Waals surface area (Å²) in [7, 11) is 0. The molecule has 0 aliphatic rings. The molecular formula is C6H13NO4S. The van der Waals surface area contributed by atoms with Gasteiger partial charge < -0.3 is 5.11 Å². The van der Waals surface area contributed by atoms with Crippen molar-refractivity contribution in [3.63, 3.8) is 0 Å². The number of aliphatic carboxylic acids is 1. The normalized spacial score (nSPS) is 16.0. The molecule has 0 aromatic heterocycles. The summed E-state index contributed by atoms with van der Waals surface area (Å²) in [5, 5.41) is 8.56. The molecule has 0 radical (unpaired) electrons. The first-order chi connectivity index (χ1) is 5.43. The number of nitrogens with one attached hydrogen (secondary N) is 1. The Balaban J connectivity index is 4.04. The standard InChI is InChI=1S/C6H13NO4S/c1-4(2)3-5(6(8)9)7-12(10)11/h4-5,7H,3H2,1-2H3,(H,8,9)(H,10,11)/t5-/m0/s1. The third-order valence-electron chi connectivity index (χ3n) is 1.25. The molecule has 72 valence electrons. The summed E-state index contributed by atoms with van der Waals surface area (Å²) in [4.78, 5) is 10.5. The van der Waals surface area contributed by atoms with Gasteiger partial charge in [0.2, 0.25) is 11.3 Å². The molecule has 12 heavy (non-hydrogen) atoms. The molecule has 0 aromatic rings. The van der Waals surface area contributed by atoms with Crippen molar-refractivity contribution in [3.8, 4) is 0 Å². The highest BCUT2D eigenvalue weighted by molar-refractivity contribution is 7.77. The van der Waals surface area contributed by atoms with Gasteiger partial charge in [-0.15, -0.1) is 0 Å². The number of hydrogen-bond donors (Lipinski definition) is 3. The maximum atomic E-state index is 10.5. The molecule has 0 saturated carbocycles. The van der Waals surface area contributed by atoms with E-state index >= 15 is 0 Å². The van der Waals surface area contributed by atoms with Crippen LogP contribution in [0.4, 0.5) is 0 Å². The topological polar surface area (TPSA) is 86.6 Å². The van der Waals surface area contributed by atoms with Crippen LogP contribution < -0.4 is 4.72 Å². The average Bonchev–Trinajstić information content (AvgIpc) is 1.83. The minimum atomic E-state index is -2.26. The van der Waals surface area contributed by atoms with Crippen LogP contribution in [0.2, 0.25) is 0 Å². The predicted molar refractivity (Wildman–Crippen MR) is 44.8 cm³/mol. The summed E-state index contributed by atoms with van der Waals surface area (Å²) >= 11 is -2.26. The Morgan fingerprint density at radius 1 is 1.58 bits per heavy atom. The van der Waals surface area contributed by atoms with Crippen LogP contribution in [0.25, 0.3) is 0 Å². The van der Waals surface area contributed by atoms with Crippen LogP contribution in [-0.4, -0.2) is 25.9 Å². The fraction of sp³-hybridized carbons (Fsp3) is 0.833. The molecule has 6 heteroatoms. The van der Waals surface area contributed by atoms with Crippen LogP contribution in [0.1, 0.15) is 20.3 Å². The molecule has 0 spiro atoms. The zero-order valence-corrected chi connectivity index (χ0v) is 7.80. The third kappa shape index (κ3) is 5.22. The van der Waals surface area contributed by atoms with Crippen molar-refractivity contribution in [1.29, 1.82) is 0 Å². The monoisotopic (exact) mass is 195 g/mol. The van der Waals surface area contributed by atoms with Crippen LogP contribution in [0, 0.1) is 5.92 Å². The zero-order valence-electron chi connectivity index (χ0n) is 6.98. The number of hydrogen-bond acceptors (Lipinski definition) is 2. The predicted octanol–water partition coefficient (Wildman–Crippen LogP) is 0.212. The van der Waals surface area contributed by atoms with Gasteiger partial charge in [0.25, 0.3) is 0 Å². The molecule has 0 saturated heterocycles. The number of carbonyl (C=O) groups is 1. The Morgan fingerprint density at radius 3 is 2.33 bits per heavy atom. The maximum Gasteiger partial charge on any atom is 0.321 e. The Labute approximate surface area is 73.6 Å². The second-order valence-electron chi connectivity index (χ2n) is 2.89. The highest BCUT2D eigenvalue weighted by atomic mass is 32.2. The summed E-state index contributed by atoms with van der Waals surface area (Å²) in [5.41, 5.74) is 0. The van der Waals surface area contributed by atoms with Crippen LogP contribution in [0.3, 0.4) is 0 Å². The number of carboxylic acid groups (broad SMARTS) is 1. The van der Waals surface area contributed by atoms with E-state index in [1.165, 1.54) is 0 Å². The Kier molecular flexibility index (Phi) is 5.03. The van der Waals surface area contributed by atoms with Gasteiger partial charge in [-0.3, -0.25) is 9.35 Å².